The van der Waals surface area contributed by atoms with Crippen LogP contribution in [0.3, 0.4) is 0 Å². The van der Waals surface area contributed by atoms with Crippen LogP contribution >= 0.6 is 0 Å². The molecule has 2 heterocycles. The average Bonchev–Trinajstić information content (AvgIpc) is 3.55. The van der Waals surface area contributed by atoms with E-state index in [1.807, 2.05) is 115 Å². The molecule has 0 spiro atoms. The number of methoxy groups -OCH3 is 2. The lowest BCUT2D eigenvalue weighted by atomic mass is 9.80. The molecule has 1 aromatic heterocycles. The highest BCUT2D eigenvalue weighted by molar-refractivity contribution is 6.00. The highest BCUT2D eigenvalue weighted by atomic mass is 16.6. The third-order valence-electron chi connectivity index (χ3n) is 9.23. The fraction of sp³-hybridized carbons (Fsp3) is 0.195. The second-order valence-electron chi connectivity index (χ2n) is 12.4. The maximum Gasteiger partial charge on any atom is 0.351 e. The minimum absolute atomic E-state index is 0.0125. The third-order valence-corrected chi connectivity index (χ3v) is 9.23. The maximum atomic E-state index is 13.2. The number of aliphatic hydroxyl groups excluding tert-OH is 1. The Balaban J connectivity index is 1.09. The van der Waals surface area contributed by atoms with Gasteiger partial charge in [-0.3, -0.25) is 9.88 Å². The highest BCUT2D eigenvalue weighted by Gasteiger charge is 2.42. The topological polar surface area (TPSA) is 133 Å². The van der Waals surface area contributed by atoms with Crippen molar-refractivity contribution < 1.29 is 28.8 Å². The summed E-state index contributed by atoms with van der Waals surface area (Å²) in [6, 6.07) is 39.5. The normalized spacial score (nSPS) is 17.1. The van der Waals surface area contributed by atoms with Crippen LogP contribution in [-0.2, 0) is 15.1 Å². The van der Waals surface area contributed by atoms with E-state index in [0.717, 1.165) is 27.5 Å². The summed E-state index contributed by atoms with van der Waals surface area (Å²) in [5, 5.41) is 18.6. The largest absolute Gasteiger partial charge is 0.497 e. The molecule has 3 atom stereocenters. The molecule has 7 rings (SSSR count). The number of nitrogens with one attached hydrogen (secondary N) is 2. The van der Waals surface area contributed by atoms with Crippen molar-refractivity contribution >= 4 is 28.3 Å². The van der Waals surface area contributed by atoms with Crippen LogP contribution in [0.2, 0.25) is 0 Å². The fourth-order valence-corrected chi connectivity index (χ4v) is 6.56. The zero-order valence-electron chi connectivity index (χ0n) is 28.6. The zero-order chi connectivity index (χ0) is 36.1. The zero-order valence-corrected chi connectivity index (χ0v) is 28.6. The number of hydrogen-bond acceptors (Lipinski definition) is 8. The van der Waals surface area contributed by atoms with Crippen molar-refractivity contribution in [2.45, 2.75) is 30.5 Å². The van der Waals surface area contributed by atoms with Gasteiger partial charge in [0.25, 0.3) is 0 Å². The highest BCUT2D eigenvalue weighted by Crippen LogP contribution is 2.42. The van der Waals surface area contributed by atoms with Crippen molar-refractivity contribution in [1.29, 1.82) is 0 Å². The number of benzene rings is 5. The molecule has 2 amide bonds. The second kappa shape index (κ2) is 15.1. The van der Waals surface area contributed by atoms with Gasteiger partial charge < -0.3 is 29.4 Å². The van der Waals surface area contributed by atoms with Crippen LogP contribution in [-0.4, -0.2) is 53.7 Å². The van der Waals surface area contributed by atoms with Crippen molar-refractivity contribution in [2.75, 3.05) is 31.5 Å². The first-order chi connectivity index (χ1) is 25.4. The summed E-state index contributed by atoms with van der Waals surface area (Å²) in [4.78, 5) is 29.9. The van der Waals surface area contributed by atoms with Crippen LogP contribution in [0.5, 0.6) is 11.5 Å². The molecule has 264 valence electrons. The Morgan fingerprint density at radius 3 is 2.06 bits per heavy atom. The van der Waals surface area contributed by atoms with Crippen molar-refractivity contribution in [2.24, 2.45) is 0 Å². The van der Waals surface area contributed by atoms with E-state index < -0.39 is 35.8 Å². The summed E-state index contributed by atoms with van der Waals surface area (Å²) in [5.41, 5.74) is 1.38. The van der Waals surface area contributed by atoms with Crippen LogP contribution in [0.1, 0.15) is 29.3 Å². The van der Waals surface area contributed by atoms with Gasteiger partial charge in [-0.2, -0.15) is 4.98 Å². The first kappa shape index (κ1) is 34.4. The molecule has 1 saturated heterocycles. The summed E-state index contributed by atoms with van der Waals surface area (Å²) in [6.07, 6.45) is -0.902. The van der Waals surface area contributed by atoms with E-state index in [2.05, 4.69) is 15.6 Å². The molecule has 0 saturated carbocycles. The summed E-state index contributed by atoms with van der Waals surface area (Å²) in [6.45, 7) is -0.0125. The fourth-order valence-electron chi connectivity index (χ4n) is 6.56. The quantitative estimate of drug-likeness (QED) is 0.127. The molecule has 1 fully saturated rings. The van der Waals surface area contributed by atoms with Crippen LogP contribution in [0.25, 0.3) is 10.8 Å². The van der Waals surface area contributed by atoms with Crippen molar-refractivity contribution in [1.82, 2.24) is 9.55 Å². The van der Waals surface area contributed by atoms with Crippen molar-refractivity contribution in [3.05, 3.63) is 161 Å². The SMILES string of the molecule is COc1ccc(C(OC[C@H]2O[C@@H](n3ccc(NC(=O)Nc4ccc5ccccc5c4)nc3=O)C[C@@H]2O)(c2ccccc2)c2ccc(OC)cc2)cc1. The average molecular weight is 699 g/mol. The molecule has 6 aromatic rings. The van der Waals surface area contributed by atoms with E-state index in [1.54, 1.807) is 20.3 Å². The van der Waals surface area contributed by atoms with Crippen LogP contribution in [0.4, 0.5) is 16.3 Å². The van der Waals surface area contributed by atoms with Crippen molar-refractivity contribution in [3.63, 3.8) is 0 Å². The van der Waals surface area contributed by atoms with Crippen LogP contribution < -0.4 is 25.8 Å². The van der Waals surface area contributed by atoms with E-state index in [9.17, 15) is 14.7 Å². The number of rotatable bonds is 11. The van der Waals surface area contributed by atoms with E-state index >= 15 is 0 Å². The number of carbonyl (C=O) groups is 1. The molecule has 1 aliphatic rings. The lowest BCUT2D eigenvalue weighted by Crippen LogP contribution is -2.38. The summed E-state index contributed by atoms with van der Waals surface area (Å²) in [5.74, 6) is 1.47. The molecular formula is C41H38N4O7. The van der Waals surface area contributed by atoms with Gasteiger partial charge in [0.05, 0.1) is 26.9 Å². The Labute approximate surface area is 300 Å². The third kappa shape index (κ3) is 7.10. The Hall–Kier alpha value is -6.01. The molecule has 5 aromatic carbocycles. The van der Waals surface area contributed by atoms with Gasteiger partial charge in [0.2, 0.25) is 0 Å². The number of hydrogen-bond donors (Lipinski definition) is 3. The summed E-state index contributed by atoms with van der Waals surface area (Å²) in [7, 11) is 3.23. The molecule has 52 heavy (non-hydrogen) atoms. The number of amides is 2. The lowest BCUT2D eigenvalue weighted by Gasteiger charge is -2.37. The Morgan fingerprint density at radius 2 is 1.42 bits per heavy atom. The molecule has 3 N–H and O–H groups in total. The molecule has 0 bridgehead atoms. The molecule has 0 radical (unpaired) electrons. The number of carbonyl (C=O) groups excluding carboxylic acids is 1. The molecule has 0 aliphatic carbocycles. The minimum Gasteiger partial charge on any atom is -0.497 e. The summed E-state index contributed by atoms with van der Waals surface area (Å²) < 4.78 is 25.4. The molecule has 0 unspecified atom stereocenters. The first-order valence-corrected chi connectivity index (χ1v) is 16.8. The van der Waals surface area contributed by atoms with E-state index in [-0.39, 0.29) is 18.8 Å². The smallest absolute Gasteiger partial charge is 0.351 e. The standard InChI is InChI=1S/C41H38N4O7/c1-49-33-18-13-30(14-19-33)41(29-10-4-3-5-11-29,31-15-20-34(50-2)21-16-31)51-26-36-35(46)25-38(52-36)45-23-22-37(44-40(45)48)43-39(47)42-32-17-12-27-8-6-7-9-28(27)24-32/h3-24,35-36,38,46H,25-26H2,1-2H3,(H2,42,43,44,47,48)/t35-,36+,38+/m0/s1. The Morgan fingerprint density at radius 1 is 0.808 bits per heavy atom. The molecule has 11 heteroatoms. The predicted octanol–water partition coefficient (Wildman–Crippen LogP) is 6.71. The number of nitrogens with zero attached hydrogens (tertiary/aromatic N) is 2. The van der Waals surface area contributed by atoms with Gasteiger partial charge in [0.15, 0.2) is 0 Å². The van der Waals surface area contributed by atoms with Gasteiger partial charge in [-0.05, 0) is 69.9 Å². The second-order valence-corrected chi connectivity index (χ2v) is 12.4. The minimum atomic E-state index is -1.11. The van der Waals surface area contributed by atoms with E-state index in [1.165, 1.54) is 16.8 Å². The van der Waals surface area contributed by atoms with Gasteiger partial charge >= 0.3 is 11.7 Å². The Kier molecular flexibility index (Phi) is 9.99. The number of anilines is 2. The number of aromatic nitrogens is 2. The van der Waals surface area contributed by atoms with E-state index in [0.29, 0.717) is 17.2 Å². The number of fused-ring (bicyclic) bond motifs is 1. The van der Waals surface area contributed by atoms with Crippen LogP contribution in [0, 0.1) is 0 Å². The number of urea groups is 1. The van der Waals surface area contributed by atoms with Gasteiger partial charge in [0, 0.05) is 18.3 Å². The van der Waals surface area contributed by atoms with Gasteiger partial charge in [0.1, 0.15) is 35.2 Å². The first-order valence-electron chi connectivity index (χ1n) is 16.8. The van der Waals surface area contributed by atoms with Crippen molar-refractivity contribution in [3.8, 4) is 11.5 Å². The number of ether oxygens (including phenoxy) is 4. The summed E-state index contributed by atoms with van der Waals surface area (Å²) >= 11 is 0. The molecule has 1 aliphatic heterocycles. The molecule has 11 nitrogen and oxygen atoms in total. The predicted molar refractivity (Wildman–Crippen MR) is 198 cm³/mol. The maximum absolute atomic E-state index is 13.2. The Bertz CT molecular complexity index is 2160. The van der Waals surface area contributed by atoms with Gasteiger partial charge in [-0.15, -0.1) is 0 Å². The number of aliphatic hydroxyl groups is 1. The lowest BCUT2D eigenvalue weighted by molar-refractivity contribution is -0.0944. The monoisotopic (exact) mass is 698 g/mol. The van der Waals surface area contributed by atoms with E-state index in [4.69, 9.17) is 18.9 Å². The van der Waals surface area contributed by atoms with Crippen LogP contribution in [0.15, 0.2) is 138 Å². The molecular weight excluding hydrogens is 660 g/mol. The van der Waals surface area contributed by atoms with Gasteiger partial charge in [-0.1, -0.05) is 84.9 Å². The van der Waals surface area contributed by atoms with Gasteiger partial charge in [-0.25, -0.2) is 9.59 Å².